The Kier molecular flexibility index (Phi) is 4.33. The molecule has 19 heavy (non-hydrogen) atoms. The summed E-state index contributed by atoms with van der Waals surface area (Å²) < 4.78 is 0. The third-order valence-electron chi connectivity index (χ3n) is 3.27. The highest BCUT2D eigenvalue weighted by molar-refractivity contribution is 5.94. The predicted octanol–water partition coefficient (Wildman–Crippen LogP) is 0.615. The number of pyridine rings is 1. The number of hydrogen-bond donors (Lipinski definition) is 2. The lowest BCUT2D eigenvalue weighted by molar-refractivity contribution is 0.0918. The molecule has 0 aromatic carbocycles. The van der Waals surface area contributed by atoms with Crippen molar-refractivity contribution in [2.45, 2.75) is 18.9 Å². The zero-order chi connectivity index (χ0) is 13.7. The van der Waals surface area contributed by atoms with E-state index < -0.39 is 0 Å². The van der Waals surface area contributed by atoms with Gasteiger partial charge in [-0.3, -0.25) is 9.78 Å². The maximum atomic E-state index is 12.0. The summed E-state index contributed by atoms with van der Waals surface area (Å²) in [4.78, 5) is 29.0. The van der Waals surface area contributed by atoms with Crippen LogP contribution in [0.1, 0.15) is 23.2 Å². The number of piperidine rings is 1. The molecule has 102 valence electrons. The standard InChI is InChI=1S/C13H18N4O2/c1-14-13(19)17-8-4-11(5-9-17)16-12(18)10-2-6-15-7-3-10/h2-3,6-7,11H,4-5,8-9H2,1H3,(H,14,19)(H,16,18). The van der Waals surface area contributed by atoms with E-state index in [0.29, 0.717) is 18.7 Å². The van der Waals surface area contributed by atoms with E-state index in [-0.39, 0.29) is 18.0 Å². The topological polar surface area (TPSA) is 74.3 Å². The van der Waals surface area contributed by atoms with Crippen LogP contribution in [-0.4, -0.2) is 48.0 Å². The second kappa shape index (κ2) is 6.17. The van der Waals surface area contributed by atoms with E-state index in [1.165, 1.54) is 0 Å². The van der Waals surface area contributed by atoms with Crippen LogP contribution in [0.15, 0.2) is 24.5 Å². The molecule has 0 radical (unpaired) electrons. The molecular formula is C13H18N4O2. The van der Waals surface area contributed by atoms with Gasteiger partial charge >= 0.3 is 6.03 Å². The Morgan fingerprint density at radius 1 is 1.26 bits per heavy atom. The number of nitrogens with one attached hydrogen (secondary N) is 2. The van der Waals surface area contributed by atoms with Gasteiger partial charge in [0.1, 0.15) is 0 Å². The molecule has 1 fully saturated rings. The Morgan fingerprint density at radius 2 is 1.89 bits per heavy atom. The Hall–Kier alpha value is -2.11. The van der Waals surface area contributed by atoms with Crippen molar-refractivity contribution in [1.29, 1.82) is 0 Å². The first-order chi connectivity index (χ1) is 9.20. The Morgan fingerprint density at radius 3 is 2.47 bits per heavy atom. The van der Waals surface area contributed by atoms with Gasteiger partial charge in [0.25, 0.3) is 5.91 Å². The minimum absolute atomic E-state index is 0.0566. The largest absolute Gasteiger partial charge is 0.349 e. The number of amides is 3. The zero-order valence-corrected chi connectivity index (χ0v) is 10.9. The number of nitrogens with zero attached hydrogens (tertiary/aromatic N) is 2. The van der Waals surface area contributed by atoms with Gasteiger partial charge in [0, 0.05) is 44.1 Å². The molecule has 1 saturated heterocycles. The van der Waals surface area contributed by atoms with Crippen LogP contribution in [0.2, 0.25) is 0 Å². The first-order valence-electron chi connectivity index (χ1n) is 6.38. The lowest BCUT2D eigenvalue weighted by Gasteiger charge is -2.32. The molecule has 1 aliphatic heterocycles. The molecule has 6 nitrogen and oxygen atoms in total. The van der Waals surface area contributed by atoms with E-state index in [2.05, 4.69) is 15.6 Å². The smallest absolute Gasteiger partial charge is 0.317 e. The van der Waals surface area contributed by atoms with E-state index in [1.54, 1.807) is 36.5 Å². The summed E-state index contributed by atoms with van der Waals surface area (Å²) in [6.45, 7) is 1.34. The van der Waals surface area contributed by atoms with Crippen LogP contribution < -0.4 is 10.6 Å². The molecule has 0 unspecified atom stereocenters. The van der Waals surface area contributed by atoms with Crippen LogP contribution in [0.4, 0.5) is 4.79 Å². The summed E-state index contributed by atoms with van der Waals surface area (Å²) in [6, 6.07) is 3.45. The summed E-state index contributed by atoms with van der Waals surface area (Å²) in [7, 11) is 1.62. The van der Waals surface area contributed by atoms with Crippen molar-refractivity contribution in [3.8, 4) is 0 Å². The van der Waals surface area contributed by atoms with Crippen LogP contribution in [0, 0.1) is 0 Å². The van der Waals surface area contributed by atoms with Crippen molar-refractivity contribution in [1.82, 2.24) is 20.5 Å². The quantitative estimate of drug-likeness (QED) is 0.820. The van der Waals surface area contributed by atoms with Crippen LogP contribution in [0.5, 0.6) is 0 Å². The van der Waals surface area contributed by atoms with Gasteiger partial charge in [0.15, 0.2) is 0 Å². The maximum absolute atomic E-state index is 12.0. The van der Waals surface area contributed by atoms with Crippen molar-refractivity contribution >= 4 is 11.9 Å². The van der Waals surface area contributed by atoms with Gasteiger partial charge in [-0.05, 0) is 25.0 Å². The second-order valence-electron chi connectivity index (χ2n) is 4.53. The Balaban J connectivity index is 1.83. The molecule has 0 bridgehead atoms. The number of aromatic nitrogens is 1. The second-order valence-corrected chi connectivity index (χ2v) is 4.53. The molecule has 1 aromatic rings. The third kappa shape index (κ3) is 3.43. The zero-order valence-electron chi connectivity index (χ0n) is 10.9. The van der Waals surface area contributed by atoms with Gasteiger partial charge in [-0.1, -0.05) is 0 Å². The Bertz CT molecular complexity index is 441. The minimum atomic E-state index is -0.0826. The van der Waals surface area contributed by atoms with Crippen molar-refractivity contribution in [2.24, 2.45) is 0 Å². The average Bonchev–Trinajstić information content (AvgIpc) is 2.48. The number of hydrogen-bond acceptors (Lipinski definition) is 3. The monoisotopic (exact) mass is 262 g/mol. The lowest BCUT2D eigenvalue weighted by Crippen LogP contribution is -2.48. The number of urea groups is 1. The van der Waals surface area contributed by atoms with E-state index in [9.17, 15) is 9.59 Å². The lowest BCUT2D eigenvalue weighted by atomic mass is 10.0. The van der Waals surface area contributed by atoms with Gasteiger partial charge in [0.05, 0.1) is 0 Å². The van der Waals surface area contributed by atoms with Crippen LogP contribution in [-0.2, 0) is 0 Å². The molecule has 3 amide bonds. The van der Waals surface area contributed by atoms with Crippen molar-refractivity contribution in [3.05, 3.63) is 30.1 Å². The molecule has 2 rings (SSSR count). The van der Waals surface area contributed by atoms with Crippen LogP contribution >= 0.6 is 0 Å². The molecule has 0 aliphatic carbocycles. The fraction of sp³-hybridized carbons (Fsp3) is 0.462. The van der Waals surface area contributed by atoms with Crippen LogP contribution in [0.3, 0.4) is 0 Å². The van der Waals surface area contributed by atoms with Crippen LogP contribution in [0.25, 0.3) is 0 Å². The molecular weight excluding hydrogens is 244 g/mol. The molecule has 0 saturated carbocycles. The van der Waals surface area contributed by atoms with Crippen molar-refractivity contribution < 1.29 is 9.59 Å². The SMILES string of the molecule is CNC(=O)N1CCC(NC(=O)c2ccncc2)CC1. The first-order valence-corrected chi connectivity index (χ1v) is 6.38. The van der Waals surface area contributed by atoms with Crippen molar-refractivity contribution in [3.63, 3.8) is 0 Å². The summed E-state index contributed by atoms with van der Waals surface area (Å²) in [5, 5.41) is 5.60. The Labute approximate surface area is 112 Å². The molecule has 1 aromatic heterocycles. The minimum Gasteiger partial charge on any atom is -0.349 e. The molecule has 2 heterocycles. The van der Waals surface area contributed by atoms with Gasteiger partial charge in [-0.25, -0.2) is 4.79 Å². The van der Waals surface area contributed by atoms with Gasteiger partial charge in [0.2, 0.25) is 0 Å². The average molecular weight is 262 g/mol. The predicted molar refractivity (Wildman–Crippen MR) is 70.8 cm³/mol. The highest BCUT2D eigenvalue weighted by Crippen LogP contribution is 2.11. The van der Waals surface area contributed by atoms with E-state index in [0.717, 1.165) is 12.8 Å². The van der Waals surface area contributed by atoms with Gasteiger partial charge < -0.3 is 15.5 Å². The summed E-state index contributed by atoms with van der Waals surface area (Å²) in [5.41, 5.74) is 0.615. The normalized spacial score (nSPS) is 15.9. The maximum Gasteiger partial charge on any atom is 0.317 e. The molecule has 0 spiro atoms. The summed E-state index contributed by atoms with van der Waals surface area (Å²) in [5.74, 6) is -0.0826. The van der Waals surface area contributed by atoms with Crippen molar-refractivity contribution in [2.75, 3.05) is 20.1 Å². The fourth-order valence-corrected chi connectivity index (χ4v) is 2.16. The molecule has 6 heteroatoms. The summed E-state index contributed by atoms with van der Waals surface area (Å²) in [6.07, 6.45) is 4.76. The number of rotatable bonds is 2. The molecule has 2 N–H and O–H groups in total. The first kappa shape index (κ1) is 13.3. The number of likely N-dealkylation sites (tertiary alicyclic amines) is 1. The molecule has 0 atom stereocenters. The number of carbonyl (C=O) groups is 2. The molecule has 1 aliphatic rings. The van der Waals surface area contributed by atoms with Gasteiger partial charge in [-0.2, -0.15) is 0 Å². The number of carbonyl (C=O) groups excluding carboxylic acids is 2. The van der Waals surface area contributed by atoms with Gasteiger partial charge in [-0.15, -0.1) is 0 Å². The highest BCUT2D eigenvalue weighted by atomic mass is 16.2. The fourth-order valence-electron chi connectivity index (χ4n) is 2.16. The summed E-state index contributed by atoms with van der Waals surface area (Å²) >= 11 is 0. The highest BCUT2D eigenvalue weighted by Gasteiger charge is 2.23. The van der Waals surface area contributed by atoms with E-state index in [4.69, 9.17) is 0 Å². The third-order valence-corrected chi connectivity index (χ3v) is 3.27. The van der Waals surface area contributed by atoms with E-state index in [1.807, 2.05) is 0 Å². The van der Waals surface area contributed by atoms with E-state index >= 15 is 0 Å².